The number of benzene rings is 2. The first-order valence-electron chi connectivity index (χ1n) is 13.5. The third-order valence-corrected chi connectivity index (χ3v) is 7.32. The van der Waals surface area contributed by atoms with Crippen LogP contribution in [0, 0.1) is 5.92 Å². The quantitative estimate of drug-likeness (QED) is 0.334. The first kappa shape index (κ1) is 29.9. The fraction of sp³-hybridized carbons (Fsp3) is 0.290. The van der Waals surface area contributed by atoms with Crippen molar-refractivity contribution in [1.82, 2.24) is 15.2 Å². The molecular weight excluding hydrogens is 538 g/mol. The van der Waals surface area contributed by atoms with Crippen molar-refractivity contribution in [2.75, 3.05) is 17.3 Å². The maximum atomic E-state index is 14.0. The highest BCUT2D eigenvalue weighted by Crippen LogP contribution is 2.32. The Labute approximate surface area is 243 Å². The molecule has 0 saturated carbocycles. The van der Waals surface area contributed by atoms with Crippen LogP contribution in [0.25, 0.3) is 0 Å². The number of carboxylic acid groups (broad SMARTS) is 1. The zero-order valence-electron chi connectivity index (χ0n) is 23.8. The monoisotopic (exact) mass is 571 g/mol. The van der Waals surface area contributed by atoms with Gasteiger partial charge in [0, 0.05) is 30.8 Å². The third-order valence-electron chi connectivity index (χ3n) is 7.32. The van der Waals surface area contributed by atoms with Gasteiger partial charge in [0.1, 0.15) is 23.9 Å². The topological polar surface area (TPSA) is 149 Å². The fourth-order valence-corrected chi connectivity index (χ4v) is 4.75. The molecule has 3 N–H and O–H groups in total. The summed E-state index contributed by atoms with van der Waals surface area (Å²) < 4.78 is 0. The smallest absolute Gasteiger partial charge is 0.407 e. The van der Waals surface area contributed by atoms with E-state index in [2.05, 4.69) is 15.6 Å². The van der Waals surface area contributed by atoms with Gasteiger partial charge in [0.2, 0.25) is 11.8 Å². The second kappa shape index (κ2) is 12.6. The van der Waals surface area contributed by atoms with Gasteiger partial charge in [0.25, 0.3) is 5.91 Å². The van der Waals surface area contributed by atoms with Gasteiger partial charge in [-0.1, -0.05) is 62.4 Å². The molecule has 218 valence electrons. The van der Waals surface area contributed by atoms with Crippen LogP contribution in [0.4, 0.5) is 16.3 Å². The van der Waals surface area contributed by atoms with Gasteiger partial charge in [0.15, 0.2) is 5.78 Å². The summed E-state index contributed by atoms with van der Waals surface area (Å²) in [5.74, 6) is -2.10. The molecule has 4 amide bonds. The minimum absolute atomic E-state index is 0.173. The van der Waals surface area contributed by atoms with Gasteiger partial charge in [-0.05, 0) is 36.6 Å². The van der Waals surface area contributed by atoms with Crippen molar-refractivity contribution in [2.24, 2.45) is 5.92 Å². The van der Waals surface area contributed by atoms with Crippen molar-refractivity contribution < 1.29 is 29.1 Å². The fourth-order valence-electron chi connectivity index (χ4n) is 4.75. The molecule has 0 saturated heterocycles. The van der Waals surface area contributed by atoms with E-state index in [-0.39, 0.29) is 12.2 Å². The lowest BCUT2D eigenvalue weighted by atomic mass is 10.0. The minimum Gasteiger partial charge on any atom is -0.465 e. The summed E-state index contributed by atoms with van der Waals surface area (Å²) >= 11 is 0. The number of hydrogen-bond donors (Lipinski definition) is 3. The molecule has 0 radical (unpaired) electrons. The summed E-state index contributed by atoms with van der Waals surface area (Å²) in [7, 11) is 1.26. The highest BCUT2D eigenvalue weighted by atomic mass is 16.4. The standard InChI is InChI=1S/C31H33N5O6/c1-18(2)25(34-28(38)19(3)35(4)31(41)42)30(40)36-24(17-21-13-10-16-32-27(21)36)29(39)33-23-15-9-8-14-22(23)26(37)20-11-6-5-7-12-20/h5-16,18-19,24-25H,17H2,1-4H3,(H,33,39)(H,34,38)(H,41,42)/t19-,24+,25-/m0/s1. The van der Waals surface area contributed by atoms with Crippen molar-refractivity contribution in [3.8, 4) is 0 Å². The van der Waals surface area contributed by atoms with E-state index in [4.69, 9.17) is 0 Å². The molecular formula is C31H33N5O6. The Kier molecular flexibility index (Phi) is 8.99. The van der Waals surface area contributed by atoms with Crippen LogP contribution < -0.4 is 15.5 Å². The summed E-state index contributed by atoms with van der Waals surface area (Å²) in [6.07, 6.45) is 0.400. The van der Waals surface area contributed by atoms with Gasteiger partial charge in [-0.25, -0.2) is 9.78 Å². The summed E-state index contributed by atoms with van der Waals surface area (Å²) in [6, 6.07) is 15.7. The molecule has 0 fully saturated rings. The highest BCUT2D eigenvalue weighted by Gasteiger charge is 2.43. The second-order valence-corrected chi connectivity index (χ2v) is 10.4. The van der Waals surface area contributed by atoms with Gasteiger partial charge in [-0.15, -0.1) is 0 Å². The number of ketones is 1. The third kappa shape index (κ3) is 6.14. The minimum atomic E-state index is -1.29. The molecule has 1 aliphatic heterocycles. The molecule has 0 spiro atoms. The van der Waals surface area contributed by atoms with Crippen LogP contribution in [-0.2, 0) is 20.8 Å². The van der Waals surface area contributed by atoms with Crippen LogP contribution in [0.5, 0.6) is 0 Å². The van der Waals surface area contributed by atoms with Crippen LogP contribution in [0.1, 0.15) is 42.3 Å². The number of carbonyl (C=O) groups is 5. The van der Waals surface area contributed by atoms with Crippen LogP contribution in [0.2, 0.25) is 0 Å². The van der Waals surface area contributed by atoms with Crippen molar-refractivity contribution >= 4 is 41.1 Å². The number of para-hydroxylation sites is 1. The SMILES string of the molecule is CC(C)[C@H](NC(=O)[C@H](C)N(C)C(=O)O)C(=O)N1c2ncccc2C[C@@H]1C(=O)Nc1ccccc1C(=O)c1ccccc1. The summed E-state index contributed by atoms with van der Waals surface area (Å²) in [4.78, 5) is 71.8. The number of pyridine rings is 1. The van der Waals surface area contributed by atoms with E-state index in [1.165, 1.54) is 25.1 Å². The van der Waals surface area contributed by atoms with Crippen LogP contribution >= 0.6 is 0 Å². The number of amides is 4. The Morgan fingerprint density at radius 2 is 1.62 bits per heavy atom. The van der Waals surface area contributed by atoms with E-state index >= 15 is 0 Å². The molecule has 11 heteroatoms. The van der Waals surface area contributed by atoms with Gasteiger partial charge >= 0.3 is 6.09 Å². The lowest BCUT2D eigenvalue weighted by molar-refractivity contribution is -0.131. The van der Waals surface area contributed by atoms with Gasteiger partial charge < -0.3 is 15.7 Å². The zero-order chi connectivity index (χ0) is 30.6. The van der Waals surface area contributed by atoms with Crippen molar-refractivity contribution in [1.29, 1.82) is 0 Å². The zero-order valence-corrected chi connectivity index (χ0v) is 23.8. The number of nitrogens with one attached hydrogen (secondary N) is 2. The largest absolute Gasteiger partial charge is 0.465 e. The predicted molar refractivity (Wildman–Crippen MR) is 156 cm³/mol. The lowest BCUT2D eigenvalue weighted by Gasteiger charge is -2.31. The summed E-state index contributed by atoms with van der Waals surface area (Å²) in [5, 5.41) is 14.8. The molecule has 1 aromatic heterocycles. The van der Waals surface area contributed by atoms with Gasteiger partial charge in [-0.3, -0.25) is 29.0 Å². The Morgan fingerprint density at radius 1 is 0.952 bits per heavy atom. The molecule has 11 nitrogen and oxygen atoms in total. The molecule has 0 unspecified atom stereocenters. The van der Waals surface area contributed by atoms with E-state index in [1.54, 1.807) is 80.6 Å². The Bertz CT molecular complexity index is 1510. The molecule has 2 aromatic carbocycles. The number of nitrogens with zero attached hydrogens (tertiary/aromatic N) is 3. The van der Waals surface area contributed by atoms with Crippen molar-refractivity contribution in [2.45, 2.75) is 45.3 Å². The summed E-state index contributed by atoms with van der Waals surface area (Å²) in [6.45, 7) is 4.90. The van der Waals surface area contributed by atoms with Crippen molar-refractivity contribution in [3.05, 3.63) is 89.6 Å². The van der Waals surface area contributed by atoms with E-state index in [0.29, 0.717) is 28.2 Å². The normalized spacial score (nSPS) is 15.4. The molecule has 0 bridgehead atoms. The number of likely N-dealkylation sites (N-methyl/N-ethyl adjacent to an activating group) is 1. The van der Waals surface area contributed by atoms with E-state index < -0.39 is 47.9 Å². The molecule has 3 atom stereocenters. The molecule has 1 aliphatic rings. The van der Waals surface area contributed by atoms with Crippen LogP contribution in [0.3, 0.4) is 0 Å². The Morgan fingerprint density at radius 3 is 2.29 bits per heavy atom. The summed E-state index contributed by atoms with van der Waals surface area (Å²) in [5.41, 5.74) is 1.73. The maximum Gasteiger partial charge on any atom is 0.407 e. The van der Waals surface area contributed by atoms with Crippen LogP contribution in [-0.4, -0.2) is 69.8 Å². The number of fused-ring (bicyclic) bond motifs is 1. The number of aromatic nitrogens is 1. The average Bonchev–Trinajstić information content (AvgIpc) is 3.38. The number of anilines is 2. The first-order valence-corrected chi connectivity index (χ1v) is 13.5. The van der Waals surface area contributed by atoms with E-state index in [0.717, 1.165) is 4.90 Å². The molecule has 4 rings (SSSR count). The lowest BCUT2D eigenvalue weighted by Crippen LogP contribution is -2.58. The number of hydrogen-bond acceptors (Lipinski definition) is 6. The molecule has 3 aromatic rings. The van der Waals surface area contributed by atoms with Gasteiger partial charge in [-0.2, -0.15) is 0 Å². The average molecular weight is 572 g/mol. The number of carbonyl (C=O) groups excluding carboxylic acids is 4. The Balaban J connectivity index is 1.63. The highest BCUT2D eigenvalue weighted by molar-refractivity contribution is 6.15. The van der Waals surface area contributed by atoms with Gasteiger partial charge in [0.05, 0.1) is 5.69 Å². The second-order valence-electron chi connectivity index (χ2n) is 10.4. The molecule has 2 heterocycles. The van der Waals surface area contributed by atoms with Crippen LogP contribution in [0.15, 0.2) is 72.9 Å². The van der Waals surface area contributed by atoms with Crippen molar-refractivity contribution in [3.63, 3.8) is 0 Å². The predicted octanol–water partition coefficient (Wildman–Crippen LogP) is 3.35. The Hall–Kier alpha value is -5.06. The maximum absolute atomic E-state index is 14.0. The van der Waals surface area contributed by atoms with E-state index in [1.807, 2.05) is 0 Å². The first-order chi connectivity index (χ1) is 20.0. The number of rotatable bonds is 9. The molecule has 0 aliphatic carbocycles. The molecule has 42 heavy (non-hydrogen) atoms. The van der Waals surface area contributed by atoms with E-state index in [9.17, 15) is 29.1 Å².